The van der Waals surface area contributed by atoms with Crippen molar-refractivity contribution in [3.63, 3.8) is 0 Å². The molecular formula is C19H23FN4O2S. The fourth-order valence-electron chi connectivity index (χ4n) is 3.52. The Morgan fingerprint density at radius 1 is 1.44 bits per heavy atom. The predicted molar refractivity (Wildman–Crippen MR) is 105 cm³/mol. The van der Waals surface area contributed by atoms with Gasteiger partial charge in [-0.05, 0) is 43.9 Å². The van der Waals surface area contributed by atoms with Crippen LogP contribution in [0.3, 0.4) is 0 Å². The van der Waals surface area contributed by atoms with E-state index in [4.69, 9.17) is 22.2 Å². The Morgan fingerprint density at radius 2 is 2.19 bits per heavy atom. The molecular weight excluding hydrogens is 367 g/mol. The number of ether oxygens (including phenoxy) is 1. The third-order valence-corrected chi connectivity index (χ3v) is 5.18. The topological polar surface area (TPSA) is 68.6 Å². The van der Waals surface area contributed by atoms with E-state index in [1.165, 1.54) is 11.0 Å². The molecule has 2 fully saturated rings. The molecule has 1 atom stereocenters. The van der Waals surface area contributed by atoms with Gasteiger partial charge in [0.1, 0.15) is 11.9 Å². The molecule has 1 aromatic carbocycles. The van der Waals surface area contributed by atoms with Crippen molar-refractivity contribution >= 4 is 34.7 Å². The van der Waals surface area contributed by atoms with Crippen LogP contribution in [-0.4, -0.2) is 43.4 Å². The number of benzene rings is 1. The highest BCUT2D eigenvalue weighted by Crippen LogP contribution is 2.31. The first-order chi connectivity index (χ1) is 13.0. The quantitative estimate of drug-likeness (QED) is 0.779. The zero-order valence-corrected chi connectivity index (χ0v) is 16.1. The number of hydrogen-bond acceptors (Lipinski definition) is 5. The number of piperidine rings is 1. The highest BCUT2D eigenvalue weighted by Gasteiger charge is 2.33. The van der Waals surface area contributed by atoms with Crippen molar-refractivity contribution in [3.05, 3.63) is 24.0 Å². The van der Waals surface area contributed by atoms with Gasteiger partial charge in [-0.25, -0.2) is 9.18 Å². The number of carbonyl (C=O) groups is 1. The fourth-order valence-corrected chi connectivity index (χ4v) is 3.61. The molecule has 6 nitrogen and oxygen atoms in total. The summed E-state index contributed by atoms with van der Waals surface area (Å²) < 4.78 is 20.0. The van der Waals surface area contributed by atoms with Gasteiger partial charge in [-0.3, -0.25) is 4.90 Å². The number of nitrogens with zero attached hydrogens (tertiary/aromatic N) is 3. The van der Waals surface area contributed by atoms with Gasteiger partial charge in [0.25, 0.3) is 0 Å². The SMILES string of the molecule is CC(=S)NC[C@H]1CN(c2ccc(N3CCC(CC#N)CC3)c(F)c2)C(=O)O1. The standard InChI is InChI=1S/C19H23FN4O2S/c1-13(27)22-11-16-12-24(19(25)26-16)15-2-3-18(17(20)10-15)23-8-5-14(4-7-21)6-9-23/h2-3,10,14,16H,4-6,8-9,11-12H2,1H3,(H,22,27)/t16-/m0/s1. The number of anilines is 2. The maximum absolute atomic E-state index is 14.7. The van der Waals surface area contributed by atoms with E-state index in [9.17, 15) is 9.18 Å². The average Bonchev–Trinajstić information content (AvgIpc) is 3.02. The number of amides is 1. The van der Waals surface area contributed by atoms with E-state index in [2.05, 4.69) is 11.4 Å². The molecule has 0 aliphatic carbocycles. The van der Waals surface area contributed by atoms with Crippen LogP contribution in [0, 0.1) is 23.1 Å². The van der Waals surface area contributed by atoms with Crippen molar-refractivity contribution in [3.8, 4) is 6.07 Å². The monoisotopic (exact) mass is 390 g/mol. The van der Waals surface area contributed by atoms with Crippen molar-refractivity contribution in [2.45, 2.75) is 32.3 Å². The second kappa shape index (κ2) is 8.53. The number of thiocarbonyl (C=S) groups is 1. The van der Waals surface area contributed by atoms with E-state index in [0.29, 0.717) is 41.8 Å². The first-order valence-electron chi connectivity index (χ1n) is 9.12. The van der Waals surface area contributed by atoms with Gasteiger partial charge >= 0.3 is 6.09 Å². The van der Waals surface area contributed by atoms with E-state index in [-0.39, 0.29) is 11.9 Å². The summed E-state index contributed by atoms with van der Waals surface area (Å²) in [5.41, 5.74) is 1.03. The molecule has 2 saturated heterocycles. The first kappa shape index (κ1) is 19.4. The normalized spacial score (nSPS) is 20.3. The van der Waals surface area contributed by atoms with Crippen molar-refractivity contribution in [2.75, 3.05) is 36.0 Å². The summed E-state index contributed by atoms with van der Waals surface area (Å²) in [6, 6.07) is 7.07. The summed E-state index contributed by atoms with van der Waals surface area (Å²) in [6.07, 6.45) is 1.54. The van der Waals surface area contributed by atoms with Crippen molar-refractivity contribution < 1.29 is 13.9 Å². The van der Waals surface area contributed by atoms with Crippen LogP contribution in [0.25, 0.3) is 0 Å². The van der Waals surface area contributed by atoms with E-state index in [1.54, 1.807) is 19.1 Å². The lowest BCUT2D eigenvalue weighted by Crippen LogP contribution is -2.34. The summed E-state index contributed by atoms with van der Waals surface area (Å²) in [5, 5.41) is 11.8. The van der Waals surface area contributed by atoms with E-state index in [1.807, 2.05) is 4.90 Å². The van der Waals surface area contributed by atoms with E-state index >= 15 is 0 Å². The van der Waals surface area contributed by atoms with Crippen LogP contribution in [-0.2, 0) is 4.74 Å². The predicted octanol–water partition coefficient (Wildman–Crippen LogP) is 3.22. The Kier molecular flexibility index (Phi) is 6.11. The maximum atomic E-state index is 14.7. The minimum Gasteiger partial charge on any atom is -0.442 e. The number of nitrogens with one attached hydrogen (secondary N) is 1. The maximum Gasteiger partial charge on any atom is 0.414 e. The zero-order chi connectivity index (χ0) is 19.4. The molecule has 144 valence electrons. The molecule has 0 spiro atoms. The van der Waals surface area contributed by atoms with Gasteiger partial charge in [0.05, 0.1) is 35.5 Å². The van der Waals surface area contributed by atoms with Crippen molar-refractivity contribution in [2.24, 2.45) is 5.92 Å². The number of carbonyl (C=O) groups excluding carboxylic acids is 1. The number of cyclic esters (lactones) is 1. The van der Waals surface area contributed by atoms with Crippen LogP contribution in [0.5, 0.6) is 0 Å². The van der Waals surface area contributed by atoms with Crippen LogP contribution in [0.2, 0.25) is 0 Å². The number of nitriles is 1. The molecule has 1 N–H and O–H groups in total. The molecule has 1 aromatic rings. The van der Waals surface area contributed by atoms with Gasteiger partial charge in [0.2, 0.25) is 0 Å². The number of halogens is 1. The first-order valence-corrected chi connectivity index (χ1v) is 9.52. The molecule has 0 unspecified atom stereocenters. The number of rotatable bonds is 5. The minimum absolute atomic E-state index is 0.322. The van der Waals surface area contributed by atoms with Crippen molar-refractivity contribution in [1.29, 1.82) is 5.26 Å². The highest BCUT2D eigenvalue weighted by molar-refractivity contribution is 7.80. The van der Waals surface area contributed by atoms with Gasteiger partial charge in [-0.2, -0.15) is 5.26 Å². The molecule has 2 aliphatic heterocycles. The molecule has 0 saturated carbocycles. The average molecular weight is 390 g/mol. The van der Waals surface area contributed by atoms with Crippen LogP contribution in [0.4, 0.5) is 20.6 Å². The smallest absolute Gasteiger partial charge is 0.414 e. The van der Waals surface area contributed by atoms with Crippen LogP contribution < -0.4 is 15.1 Å². The molecule has 1 amide bonds. The summed E-state index contributed by atoms with van der Waals surface area (Å²) in [6.45, 7) is 4.03. The van der Waals surface area contributed by atoms with Crippen LogP contribution in [0.1, 0.15) is 26.2 Å². The minimum atomic E-state index is -0.478. The Morgan fingerprint density at radius 3 is 2.81 bits per heavy atom. The molecule has 2 aliphatic rings. The van der Waals surface area contributed by atoms with Gasteiger partial charge < -0.3 is 15.0 Å². The zero-order valence-electron chi connectivity index (χ0n) is 15.3. The van der Waals surface area contributed by atoms with E-state index in [0.717, 1.165) is 25.9 Å². The second-order valence-corrected chi connectivity index (χ2v) is 7.59. The number of hydrogen-bond donors (Lipinski definition) is 1. The second-order valence-electron chi connectivity index (χ2n) is 6.98. The van der Waals surface area contributed by atoms with E-state index < -0.39 is 6.09 Å². The molecule has 0 radical (unpaired) electrons. The molecule has 0 aromatic heterocycles. The van der Waals surface area contributed by atoms with Gasteiger partial charge in [-0.1, -0.05) is 12.2 Å². The summed E-state index contributed by atoms with van der Waals surface area (Å²) in [5.74, 6) is 0.0462. The third kappa shape index (κ3) is 4.66. The van der Waals surface area contributed by atoms with Crippen LogP contribution >= 0.6 is 12.2 Å². The molecule has 0 bridgehead atoms. The molecule has 3 rings (SSSR count). The Hall–Kier alpha value is -2.40. The van der Waals surface area contributed by atoms with Gasteiger partial charge in [-0.15, -0.1) is 0 Å². The molecule has 2 heterocycles. The lowest BCUT2D eigenvalue weighted by atomic mass is 9.94. The van der Waals surface area contributed by atoms with Gasteiger partial charge in [0.15, 0.2) is 0 Å². The Labute approximate surface area is 163 Å². The largest absolute Gasteiger partial charge is 0.442 e. The summed E-state index contributed by atoms with van der Waals surface area (Å²) >= 11 is 4.96. The van der Waals surface area contributed by atoms with Crippen LogP contribution in [0.15, 0.2) is 18.2 Å². The summed E-state index contributed by atoms with van der Waals surface area (Å²) in [7, 11) is 0. The van der Waals surface area contributed by atoms with Gasteiger partial charge in [0, 0.05) is 19.5 Å². The Bertz CT molecular complexity index is 759. The lowest BCUT2D eigenvalue weighted by Gasteiger charge is -2.33. The fraction of sp³-hybridized carbons (Fsp3) is 0.526. The molecule has 8 heteroatoms. The summed E-state index contributed by atoms with van der Waals surface area (Å²) in [4.78, 5) is 16.2. The third-order valence-electron chi connectivity index (χ3n) is 5.03. The lowest BCUT2D eigenvalue weighted by molar-refractivity contribution is 0.143. The Balaban J connectivity index is 1.64. The highest BCUT2D eigenvalue weighted by atomic mass is 32.1. The van der Waals surface area contributed by atoms with Crippen molar-refractivity contribution in [1.82, 2.24) is 5.32 Å². The molecule has 27 heavy (non-hydrogen) atoms.